The number of carboxylic acid groups (broad SMARTS) is 1. The summed E-state index contributed by atoms with van der Waals surface area (Å²) < 4.78 is 0. The zero-order valence-corrected chi connectivity index (χ0v) is 13.4. The lowest BCUT2D eigenvalue weighted by Crippen LogP contribution is -2.43. The van der Waals surface area contributed by atoms with Crippen molar-refractivity contribution in [3.05, 3.63) is 34.4 Å². The summed E-state index contributed by atoms with van der Waals surface area (Å²) in [5, 5.41) is 19.7. The Labute approximate surface area is 139 Å². The molecule has 0 radical (unpaired) electrons. The number of halogens is 1. The van der Waals surface area contributed by atoms with Crippen molar-refractivity contribution in [2.24, 2.45) is 0 Å². The Kier molecular flexibility index (Phi) is 6.47. The third-order valence-electron chi connectivity index (χ3n) is 3.81. The minimum atomic E-state index is -0.914. The van der Waals surface area contributed by atoms with Crippen LogP contribution in [-0.4, -0.2) is 53.0 Å². The van der Waals surface area contributed by atoms with Gasteiger partial charge in [-0.25, -0.2) is 0 Å². The third-order valence-corrected chi connectivity index (χ3v) is 3.81. The maximum atomic E-state index is 12.2. The maximum absolute atomic E-state index is 12.2. The van der Waals surface area contributed by atoms with Gasteiger partial charge in [0.25, 0.3) is 5.69 Å². The van der Waals surface area contributed by atoms with E-state index in [4.69, 9.17) is 5.11 Å². The van der Waals surface area contributed by atoms with Crippen LogP contribution in [0.15, 0.2) is 24.3 Å². The van der Waals surface area contributed by atoms with Gasteiger partial charge in [0.05, 0.1) is 11.5 Å². The minimum absolute atomic E-state index is 0. The summed E-state index contributed by atoms with van der Waals surface area (Å²) >= 11 is 0. The van der Waals surface area contributed by atoms with Crippen LogP contribution < -0.4 is 4.90 Å². The second kappa shape index (κ2) is 7.89. The first-order chi connectivity index (χ1) is 10.4. The molecule has 1 amide bonds. The van der Waals surface area contributed by atoms with Gasteiger partial charge in [-0.3, -0.25) is 24.6 Å². The molecule has 1 heterocycles. The van der Waals surface area contributed by atoms with E-state index in [0.717, 1.165) is 6.42 Å². The Morgan fingerprint density at radius 3 is 2.52 bits per heavy atom. The number of hydrogen-bond donors (Lipinski definition) is 1. The number of carbonyl (C=O) groups excluding carboxylic acids is 1. The topological polar surface area (TPSA) is 104 Å². The van der Waals surface area contributed by atoms with Crippen LogP contribution in [0.5, 0.6) is 0 Å². The minimum Gasteiger partial charge on any atom is -0.480 e. The first-order valence-corrected chi connectivity index (χ1v) is 6.88. The average Bonchev–Trinajstić information content (AvgIpc) is 2.94. The first kappa shape index (κ1) is 18.9. The maximum Gasteiger partial charge on any atom is 0.320 e. The van der Waals surface area contributed by atoms with Gasteiger partial charge in [0, 0.05) is 24.9 Å². The van der Waals surface area contributed by atoms with E-state index in [1.165, 1.54) is 29.2 Å². The molecule has 2 rings (SSSR count). The fourth-order valence-corrected chi connectivity index (χ4v) is 2.52. The highest BCUT2D eigenvalue weighted by molar-refractivity contribution is 5.94. The number of nitrogens with zero attached hydrogens (tertiary/aromatic N) is 3. The molecule has 0 spiro atoms. The molecule has 126 valence electrons. The van der Waals surface area contributed by atoms with Crippen molar-refractivity contribution in [2.45, 2.75) is 18.9 Å². The normalized spacial score (nSPS) is 17.3. The van der Waals surface area contributed by atoms with E-state index >= 15 is 0 Å². The van der Waals surface area contributed by atoms with Crippen LogP contribution >= 0.6 is 12.4 Å². The van der Waals surface area contributed by atoms with Crippen molar-refractivity contribution in [3.8, 4) is 0 Å². The number of benzene rings is 1. The summed E-state index contributed by atoms with van der Waals surface area (Å²) in [7, 11) is 1.56. The van der Waals surface area contributed by atoms with Gasteiger partial charge in [-0.15, -0.1) is 12.4 Å². The van der Waals surface area contributed by atoms with E-state index < -0.39 is 16.9 Å². The zero-order valence-electron chi connectivity index (χ0n) is 12.5. The van der Waals surface area contributed by atoms with Crippen LogP contribution in [0.4, 0.5) is 11.4 Å². The summed E-state index contributed by atoms with van der Waals surface area (Å²) in [5.41, 5.74) is 0.483. The molecule has 0 unspecified atom stereocenters. The van der Waals surface area contributed by atoms with Crippen molar-refractivity contribution < 1.29 is 19.6 Å². The molecular weight excluding hydrogens is 326 g/mol. The van der Waals surface area contributed by atoms with Gasteiger partial charge in [0.15, 0.2) is 0 Å². The van der Waals surface area contributed by atoms with E-state index in [-0.39, 0.29) is 30.5 Å². The lowest BCUT2D eigenvalue weighted by molar-refractivity contribution is -0.384. The van der Waals surface area contributed by atoms with Crippen LogP contribution in [-0.2, 0) is 9.59 Å². The molecule has 1 saturated heterocycles. The molecule has 1 N–H and O–H groups in total. The van der Waals surface area contributed by atoms with Gasteiger partial charge in [-0.05, 0) is 31.5 Å². The number of hydrogen-bond acceptors (Lipinski definition) is 5. The largest absolute Gasteiger partial charge is 0.480 e. The van der Waals surface area contributed by atoms with Crippen LogP contribution in [0.2, 0.25) is 0 Å². The summed E-state index contributed by atoms with van der Waals surface area (Å²) in [6.07, 6.45) is 1.30. The lowest BCUT2D eigenvalue weighted by atomic mass is 10.2. The number of aliphatic carboxylic acids is 1. The molecule has 1 aliphatic heterocycles. The fourth-order valence-electron chi connectivity index (χ4n) is 2.52. The van der Waals surface area contributed by atoms with Crippen molar-refractivity contribution in [2.75, 3.05) is 25.0 Å². The van der Waals surface area contributed by atoms with E-state index in [0.29, 0.717) is 18.7 Å². The number of likely N-dealkylation sites (N-methyl/N-ethyl adjacent to an activating group) is 1. The highest BCUT2D eigenvalue weighted by Gasteiger charge is 2.32. The predicted molar refractivity (Wildman–Crippen MR) is 86.0 cm³/mol. The highest BCUT2D eigenvalue weighted by atomic mass is 35.5. The molecule has 1 aliphatic rings. The summed E-state index contributed by atoms with van der Waals surface area (Å²) in [6, 6.07) is 5.03. The number of likely N-dealkylation sites (tertiary alicyclic amines) is 1. The number of anilines is 1. The van der Waals surface area contributed by atoms with E-state index in [1.54, 1.807) is 11.9 Å². The molecule has 0 bridgehead atoms. The number of non-ortho nitro benzene ring substituents is 1. The van der Waals surface area contributed by atoms with Crippen LogP contribution in [0.3, 0.4) is 0 Å². The molecule has 1 fully saturated rings. The number of amides is 1. The smallest absolute Gasteiger partial charge is 0.320 e. The van der Waals surface area contributed by atoms with Gasteiger partial charge in [-0.1, -0.05) is 0 Å². The number of carboxylic acids is 1. The average molecular weight is 344 g/mol. The fraction of sp³-hybridized carbons (Fsp3) is 0.429. The number of nitro benzene ring substituents is 1. The molecule has 9 heteroatoms. The Morgan fingerprint density at radius 1 is 1.39 bits per heavy atom. The van der Waals surface area contributed by atoms with Crippen LogP contribution in [0.25, 0.3) is 0 Å². The van der Waals surface area contributed by atoms with Gasteiger partial charge >= 0.3 is 5.97 Å². The number of nitro groups is 1. The molecule has 1 atom stereocenters. The Bertz CT molecular complexity index is 593. The van der Waals surface area contributed by atoms with Gasteiger partial charge in [0.1, 0.15) is 6.04 Å². The number of carbonyl (C=O) groups is 2. The third kappa shape index (κ3) is 4.40. The monoisotopic (exact) mass is 343 g/mol. The first-order valence-electron chi connectivity index (χ1n) is 6.88. The second-order valence-corrected chi connectivity index (χ2v) is 5.19. The summed E-state index contributed by atoms with van der Waals surface area (Å²) in [5.74, 6) is -1.16. The number of rotatable bonds is 5. The molecule has 8 nitrogen and oxygen atoms in total. The Morgan fingerprint density at radius 2 is 2.00 bits per heavy atom. The molecule has 23 heavy (non-hydrogen) atoms. The summed E-state index contributed by atoms with van der Waals surface area (Å²) in [4.78, 5) is 36.5. The zero-order chi connectivity index (χ0) is 16.3. The van der Waals surface area contributed by atoms with Crippen molar-refractivity contribution in [1.82, 2.24) is 4.90 Å². The SMILES string of the molecule is CN(C(=O)CN1CCC[C@H]1C(=O)O)c1ccc([N+](=O)[O-])cc1.Cl. The highest BCUT2D eigenvalue weighted by Crippen LogP contribution is 2.20. The molecule has 0 aromatic heterocycles. The lowest BCUT2D eigenvalue weighted by Gasteiger charge is -2.24. The van der Waals surface area contributed by atoms with Crippen molar-refractivity contribution in [1.29, 1.82) is 0 Å². The molecule has 1 aromatic rings. The molecular formula is C14H18ClN3O5. The Hall–Kier alpha value is -2.19. The molecule has 1 aromatic carbocycles. The van der Waals surface area contributed by atoms with Crippen LogP contribution in [0.1, 0.15) is 12.8 Å². The van der Waals surface area contributed by atoms with E-state index in [2.05, 4.69) is 0 Å². The van der Waals surface area contributed by atoms with Crippen LogP contribution in [0, 0.1) is 10.1 Å². The predicted octanol–water partition coefficient (Wildman–Crippen LogP) is 1.53. The summed E-state index contributed by atoms with van der Waals surface area (Å²) in [6.45, 7) is 0.598. The van der Waals surface area contributed by atoms with Crippen molar-refractivity contribution in [3.63, 3.8) is 0 Å². The van der Waals surface area contributed by atoms with E-state index in [9.17, 15) is 19.7 Å². The molecule has 0 aliphatic carbocycles. The van der Waals surface area contributed by atoms with Crippen molar-refractivity contribution >= 4 is 35.7 Å². The Balaban J connectivity index is 0.00000264. The molecule has 0 saturated carbocycles. The van der Waals surface area contributed by atoms with Gasteiger partial charge in [-0.2, -0.15) is 0 Å². The second-order valence-electron chi connectivity index (χ2n) is 5.19. The van der Waals surface area contributed by atoms with Gasteiger partial charge < -0.3 is 10.0 Å². The standard InChI is InChI=1S/C14H17N3O5.ClH/c1-15(10-4-6-11(7-5-10)17(21)22)13(18)9-16-8-2-3-12(16)14(19)20;/h4-7,12H,2-3,8-9H2,1H3,(H,19,20);1H/t12-;/m0./s1. The quantitative estimate of drug-likeness (QED) is 0.642. The van der Waals surface area contributed by atoms with E-state index in [1.807, 2.05) is 0 Å². The van der Waals surface area contributed by atoms with Gasteiger partial charge in [0.2, 0.25) is 5.91 Å².